The number of hydrogen-bond donors (Lipinski definition) is 2. The Bertz CT molecular complexity index is 175. The molecule has 1 atom stereocenters. The molecule has 0 spiro atoms. The fourth-order valence-corrected chi connectivity index (χ4v) is 0.904. The van der Waals surface area contributed by atoms with Crippen molar-refractivity contribution in [1.29, 1.82) is 0 Å². The number of carbonyl (C=O) groups is 1. The number of hydrogen-bond acceptors (Lipinski definition) is 2. The number of carboxylic acids is 1. The van der Waals surface area contributed by atoms with Gasteiger partial charge in [-0.1, -0.05) is 19.4 Å². The Hall–Kier alpha value is -0.830. The second-order valence-corrected chi connectivity index (χ2v) is 2.98. The van der Waals surface area contributed by atoms with Gasteiger partial charge in [-0.15, -0.1) is 0 Å². The fourth-order valence-electron chi connectivity index (χ4n) is 0.904. The van der Waals surface area contributed by atoms with E-state index in [0.717, 1.165) is 12.8 Å². The van der Waals surface area contributed by atoms with Gasteiger partial charge in [-0.25, -0.2) is 4.79 Å². The minimum Gasteiger partial charge on any atom is -0.478 e. The van der Waals surface area contributed by atoms with Gasteiger partial charge in [-0.05, 0) is 19.8 Å². The first-order valence-electron chi connectivity index (χ1n) is 4.23. The lowest BCUT2D eigenvalue weighted by atomic mass is 10.1. The van der Waals surface area contributed by atoms with Crippen molar-refractivity contribution < 1.29 is 9.90 Å². The largest absolute Gasteiger partial charge is 0.478 e. The van der Waals surface area contributed by atoms with Gasteiger partial charge < -0.3 is 10.8 Å². The molecule has 0 saturated carbocycles. The zero-order valence-corrected chi connectivity index (χ0v) is 7.71. The lowest BCUT2D eigenvalue weighted by molar-refractivity contribution is -0.132. The molecule has 0 fully saturated rings. The highest BCUT2D eigenvalue weighted by Gasteiger charge is 2.01. The summed E-state index contributed by atoms with van der Waals surface area (Å²) in [7, 11) is 0. The monoisotopic (exact) mass is 171 g/mol. The molecule has 70 valence electrons. The van der Waals surface area contributed by atoms with Crippen LogP contribution in [0.25, 0.3) is 0 Å². The van der Waals surface area contributed by atoms with Gasteiger partial charge >= 0.3 is 5.97 Å². The van der Waals surface area contributed by atoms with Crippen LogP contribution in [0.1, 0.15) is 33.1 Å². The summed E-state index contributed by atoms with van der Waals surface area (Å²) in [6.07, 6.45) is 4.33. The lowest BCUT2D eigenvalue weighted by Gasteiger charge is -2.06. The highest BCUT2D eigenvalue weighted by atomic mass is 16.4. The van der Waals surface area contributed by atoms with Crippen LogP contribution in [0.5, 0.6) is 0 Å². The molecule has 0 amide bonds. The minimum absolute atomic E-state index is 0.101. The van der Waals surface area contributed by atoms with Crippen LogP contribution in [0.2, 0.25) is 0 Å². The van der Waals surface area contributed by atoms with Gasteiger partial charge in [-0.3, -0.25) is 0 Å². The summed E-state index contributed by atoms with van der Waals surface area (Å²) in [5.41, 5.74) is 6.07. The van der Waals surface area contributed by atoms with Crippen LogP contribution in [0, 0.1) is 0 Å². The second-order valence-electron chi connectivity index (χ2n) is 2.98. The first-order chi connectivity index (χ1) is 5.57. The maximum Gasteiger partial charge on any atom is 0.330 e. The standard InChI is InChI=1S/C9H17NO2/c1-3-4-8(10)6-5-7(2)9(11)12/h5,8H,3-4,6,10H2,1-2H3,(H,11,12). The Morgan fingerprint density at radius 2 is 2.25 bits per heavy atom. The van der Waals surface area contributed by atoms with E-state index in [4.69, 9.17) is 10.8 Å². The van der Waals surface area contributed by atoms with E-state index in [-0.39, 0.29) is 6.04 Å². The first-order valence-corrected chi connectivity index (χ1v) is 4.23. The zero-order chi connectivity index (χ0) is 9.56. The van der Waals surface area contributed by atoms with Crippen molar-refractivity contribution in [3.8, 4) is 0 Å². The van der Waals surface area contributed by atoms with Crippen LogP contribution in [0.3, 0.4) is 0 Å². The molecule has 0 aliphatic heterocycles. The van der Waals surface area contributed by atoms with E-state index in [0.29, 0.717) is 12.0 Å². The molecule has 0 saturated heterocycles. The number of aliphatic carboxylic acids is 1. The topological polar surface area (TPSA) is 63.3 Å². The molecule has 0 bridgehead atoms. The van der Waals surface area contributed by atoms with Crippen molar-refractivity contribution in [2.75, 3.05) is 0 Å². The molecular weight excluding hydrogens is 154 g/mol. The molecule has 3 heteroatoms. The quantitative estimate of drug-likeness (QED) is 0.617. The maximum absolute atomic E-state index is 10.4. The zero-order valence-electron chi connectivity index (χ0n) is 7.71. The molecule has 0 aliphatic carbocycles. The van der Waals surface area contributed by atoms with Gasteiger partial charge in [0.25, 0.3) is 0 Å². The normalized spacial score (nSPS) is 14.4. The molecule has 12 heavy (non-hydrogen) atoms. The van der Waals surface area contributed by atoms with Crippen molar-refractivity contribution >= 4 is 5.97 Å². The summed E-state index contributed by atoms with van der Waals surface area (Å²) in [6.45, 7) is 3.65. The first kappa shape index (κ1) is 11.2. The number of carboxylic acid groups (broad SMARTS) is 1. The number of rotatable bonds is 5. The Morgan fingerprint density at radius 3 is 2.67 bits per heavy atom. The maximum atomic E-state index is 10.4. The van der Waals surface area contributed by atoms with Gasteiger partial charge in [0.15, 0.2) is 0 Å². The van der Waals surface area contributed by atoms with E-state index in [1.807, 2.05) is 0 Å². The van der Waals surface area contributed by atoms with Gasteiger partial charge in [0.05, 0.1) is 0 Å². The molecule has 0 aliphatic rings. The fraction of sp³-hybridized carbons (Fsp3) is 0.667. The molecule has 1 unspecified atom stereocenters. The molecular formula is C9H17NO2. The van der Waals surface area contributed by atoms with E-state index in [1.54, 1.807) is 13.0 Å². The van der Waals surface area contributed by atoms with Crippen molar-refractivity contribution in [3.05, 3.63) is 11.6 Å². The summed E-state index contributed by atoms with van der Waals surface area (Å²) in [5, 5.41) is 8.52. The summed E-state index contributed by atoms with van der Waals surface area (Å²) >= 11 is 0. The molecule has 0 aromatic heterocycles. The molecule has 0 radical (unpaired) electrons. The van der Waals surface area contributed by atoms with Gasteiger partial charge in [-0.2, -0.15) is 0 Å². The van der Waals surface area contributed by atoms with Crippen LogP contribution >= 0.6 is 0 Å². The van der Waals surface area contributed by atoms with Crippen molar-refractivity contribution in [2.24, 2.45) is 5.73 Å². The Morgan fingerprint density at radius 1 is 1.67 bits per heavy atom. The van der Waals surface area contributed by atoms with Gasteiger partial charge in [0.1, 0.15) is 0 Å². The third-order valence-corrected chi connectivity index (χ3v) is 1.72. The summed E-state index contributed by atoms with van der Waals surface area (Å²) < 4.78 is 0. The van der Waals surface area contributed by atoms with Crippen molar-refractivity contribution in [2.45, 2.75) is 39.2 Å². The van der Waals surface area contributed by atoms with Crippen molar-refractivity contribution in [3.63, 3.8) is 0 Å². The van der Waals surface area contributed by atoms with Crippen LogP contribution in [0.4, 0.5) is 0 Å². The number of nitrogens with two attached hydrogens (primary N) is 1. The smallest absolute Gasteiger partial charge is 0.330 e. The van der Waals surface area contributed by atoms with Crippen LogP contribution < -0.4 is 5.73 Å². The molecule has 0 aromatic carbocycles. The van der Waals surface area contributed by atoms with E-state index >= 15 is 0 Å². The predicted octanol–water partition coefficient (Wildman–Crippen LogP) is 1.53. The average Bonchev–Trinajstić information content (AvgIpc) is 2.00. The van der Waals surface area contributed by atoms with E-state index in [1.165, 1.54) is 0 Å². The summed E-state index contributed by atoms with van der Waals surface area (Å²) in [4.78, 5) is 10.4. The van der Waals surface area contributed by atoms with Crippen LogP contribution in [-0.4, -0.2) is 17.1 Å². The SMILES string of the molecule is CCCC(N)CC=C(C)C(=O)O. The molecule has 0 heterocycles. The van der Waals surface area contributed by atoms with E-state index in [2.05, 4.69) is 6.92 Å². The van der Waals surface area contributed by atoms with Crippen molar-refractivity contribution in [1.82, 2.24) is 0 Å². The summed E-state index contributed by atoms with van der Waals surface area (Å²) in [5.74, 6) is -0.862. The Labute approximate surface area is 73.3 Å². The molecule has 3 nitrogen and oxygen atoms in total. The third-order valence-electron chi connectivity index (χ3n) is 1.72. The summed E-state index contributed by atoms with van der Waals surface area (Å²) in [6, 6.07) is 0.101. The van der Waals surface area contributed by atoms with Gasteiger partial charge in [0, 0.05) is 11.6 Å². The highest BCUT2D eigenvalue weighted by Crippen LogP contribution is 2.02. The highest BCUT2D eigenvalue weighted by molar-refractivity contribution is 5.85. The van der Waals surface area contributed by atoms with Crippen LogP contribution in [0.15, 0.2) is 11.6 Å². The predicted molar refractivity (Wildman–Crippen MR) is 48.9 cm³/mol. The van der Waals surface area contributed by atoms with E-state index < -0.39 is 5.97 Å². The molecule has 0 aromatic rings. The second kappa shape index (κ2) is 5.77. The minimum atomic E-state index is -0.862. The van der Waals surface area contributed by atoms with Crippen LogP contribution in [-0.2, 0) is 4.79 Å². The van der Waals surface area contributed by atoms with E-state index in [9.17, 15) is 4.79 Å². The Kier molecular flexibility index (Phi) is 5.37. The molecule has 0 rings (SSSR count). The average molecular weight is 171 g/mol. The molecule has 3 N–H and O–H groups in total. The van der Waals surface area contributed by atoms with Gasteiger partial charge in [0.2, 0.25) is 0 Å². The third kappa shape index (κ3) is 4.91. The Balaban J connectivity index is 3.79. The lowest BCUT2D eigenvalue weighted by Crippen LogP contribution is -2.18.